The minimum absolute atomic E-state index is 0.00324. The number of methoxy groups -OCH3 is 2. The third-order valence-corrected chi connectivity index (χ3v) is 23.4. The van der Waals surface area contributed by atoms with E-state index in [0.29, 0.717) is 17.9 Å². The molecule has 5 aliphatic rings. The van der Waals surface area contributed by atoms with Gasteiger partial charge in [-0.1, -0.05) is 200 Å². The van der Waals surface area contributed by atoms with Crippen molar-refractivity contribution in [2.75, 3.05) is 70.9 Å². The Morgan fingerprint density at radius 2 is 0.812 bits per heavy atom. The summed E-state index contributed by atoms with van der Waals surface area (Å²) in [6.45, 7) is 0.0796. The molecule has 5 amide bonds. The number of fused-ring (bicyclic) bond motifs is 11. The number of hydrogen-bond donors (Lipinski definition) is 11. The second-order valence-electron chi connectivity index (χ2n) is 31.2. The number of aromatic nitrogens is 8. The van der Waals surface area contributed by atoms with Crippen LogP contribution in [-0.4, -0.2) is 180 Å². The molecule has 0 unspecified atom stereocenters. The molecule has 2 saturated heterocycles. The number of carboxylic acids is 1. The molecule has 11 N–H and O–H groups in total. The van der Waals surface area contributed by atoms with Gasteiger partial charge in [0.25, 0.3) is 11.1 Å². The SMILES string of the molecule is COc1ccc(C(OC[C@H]2O[C@@H](n3cnc4c(=O)[nH]c(NC(=O)CCNC(=O)OCC5c6ccccc6-c6ccccc65)nc43)C[C@H]2O)(c2ccccc2)c2ccc(OC)cc2)cc1.O=C(CCNC(=O)OCC1c2ccccc2-c2ccccc21)Nc1nc2c(ncn2[C@H]2C[C@@H](O)[C@@H](CO)O2)c(=O)[nH]1.O=C(O)CCNC(=O)CCC1c2ccccc2-c2ccccc21. The van der Waals surface area contributed by atoms with Gasteiger partial charge < -0.3 is 69.5 Å². The van der Waals surface area contributed by atoms with Crippen LogP contribution in [0.3, 0.4) is 0 Å². The van der Waals surface area contributed by atoms with E-state index in [1.165, 1.54) is 39.5 Å². The molecule has 128 heavy (non-hydrogen) atoms. The molecule has 3 aliphatic carbocycles. The van der Waals surface area contributed by atoms with Crippen LogP contribution in [0, 0.1) is 0 Å². The number of nitrogens with zero attached hydrogens (tertiary/aromatic N) is 6. The summed E-state index contributed by atoms with van der Waals surface area (Å²) in [4.78, 5) is 121. The summed E-state index contributed by atoms with van der Waals surface area (Å²) in [5.74, 6) is -0.785. The van der Waals surface area contributed by atoms with E-state index in [9.17, 15) is 53.7 Å². The molecular weight excluding hydrogens is 1640 g/mol. The fraction of sp³-hybridized carbons (Fsp3) is 0.271. The Bertz CT molecular complexity index is 6160. The standard InChI is InChI=1S/C49H46N6O9.C28H28N6O7.C19H19NO3/c1-60-33-20-16-31(17-21-33)49(30-10-4-3-5-11-30,32-18-22-34(61-2)23-19-32)63-28-41-40(56)26-43(64-41)55-29-51-44-45(55)53-47(54-46(44)58)52-42(57)24-25-50-48(59)62-27-39-37-14-8-6-12-35(37)36-13-7-9-15-38(36)39;35-12-21-20(36)11-23(41-21)34-14-30-24-25(34)32-27(33-26(24)38)31-22(37)9-10-29-28(39)40-13-19-17-7-3-1-5-15(17)16-6-2-4-8-18(16)19;21-18(20-12-11-19(22)23)10-9-17-15-7-3-1-5-13(15)14-6-2-4-8-16(14)17/h3-23,29,39-41,43,56H,24-28H2,1-2H3,(H,50,59)(H2,52,53,54,57,58);1-8,14,19-21,23,35-36H,9-13H2,(H,29,39)(H2,31,32,33,37,38);1-8,17H,9-12H2,(H,20,21)(H,22,23)/t40-,41-,43-;20-,21-,23-;/m11./s1. The van der Waals surface area contributed by atoms with Gasteiger partial charge in [0.05, 0.1) is 58.7 Å². The summed E-state index contributed by atoms with van der Waals surface area (Å²) >= 11 is 0. The number of carbonyl (C=O) groups excluding carboxylic acids is 5. The number of alkyl carbamates (subject to hydrolysis) is 2. The molecule has 13 aromatic rings. The number of aliphatic hydroxyl groups is 3. The highest BCUT2D eigenvalue weighted by Gasteiger charge is 2.44. The minimum atomic E-state index is -1.14. The predicted octanol–water partition coefficient (Wildman–Crippen LogP) is 11.5. The minimum Gasteiger partial charge on any atom is -0.497 e. The van der Waals surface area contributed by atoms with Crippen molar-refractivity contribution in [1.82, 2.24) is 55.0 Å². The molecule has 18 rings (SSSR count). The summed E-state index contributed by atoms with van der Waals surface area (Å²) in [6.07, 6.45) is -2.21. The third kappa shape index (κ3) is 18.9. The van der Waals surface area contributed by atoms with Gasteiger partial charge in [-0.3, -0.25) is 58.5 Å². The Kier molecular flexibility index (Phi) is 26.7. The van der Waals surface area contributed by atoms with E-state index >= 15 is 0 Å². The maximum atomic E-state index is 13.2. The van der Waals surface area contributed by atoms with Gasteiger partial charge in [-0.25, -0.2) is 19.6 Å². The lowest BCUT2D eigenvalue weighted by Crippen LogP contribution is -2.38. The van der Waals surface area contributed by atoms with E-state index in [4.69, 9.17) is 38.3 Å². The smallest absolute Gasteiger partial charge is 0.407 e. The first-order valence-corrected chi connectivity index (χ1v) is 42.0. The molecule has 0 bridgehead atoms. The number of nitrogens with one attached hydrogen (secondary N) is 7. The molecule has 2 fully saturated rings. The van der Waals surface area contributed by atoms with Crippen LogP contribution in [0.15, 0.2) is 247 Å². The van der Waals surface area contributed by atoms with E-state index in [1.54, 1.807) is 18.8 Å². The summed E-state index contributed by atoms with van der Waals surface area (Å²) in [6, 6.07) is 73.9. The van der Waals surface area contributed by atoms with Crippen LogP contribution in [0.5, 0.6) is 11.5 Å². The number of aromatic amines is 2. The van der Waals surface area contributed by atoms with Crippen molar-refractivity contribution in [3.05, 3.63) is 308 Å². The van der Waals surface area contributed by atoms with Crippen molar-refractivity contribution in [1.29, 1.82) is 0 Å². The van der Waals surface area contributed by atoms with E-state index in [1.807, 2.05) is 176 Å². The zero-order chi connectivity index (χ0) is 89.0. The van der Waals surface area contributed by atoms with Gasteiger partial charge in [0.1, 0.15) is 55.0 Å². The van der Waals surface area contributed by atoms with Crippen LogP contribution in [0.4, 0.5) is 21.5 Å². The van der Waals surface area contributed by atoms with Crippen molar-refractivity contribution in [2.45, 2.75) is 105 Å². The molecular formula is C96H93N13O19. The number of benzene rings is 9. The molecule has 6 heterocycles. The Balaban J connectivity index is 0.000000159. The number of hydrogen-bond acceptors (Lipinski definition) is 22. The lowest BCUT2D eigenvalue weighted by molar-refractivity contribution is -0.137. The van der Waals surface area contributed by atoms with Crippen LogP contribution in [0.1, 0.15) is 125 Å². The molecule has 32 nitrogen and oxygen atoms in total. The molecule has 0 spiro atoms. The number of carboxylic acid groups (broad SMARTS) is 1. The third-order valence-electron chi connectivity index (χ3n) is 23.4. The normalized spacial score (nSPS) is 16.9. The number of ether oxygens (including phenoxy) is 7. The highest BCUT2D eigenvalue weighted by atomic mass is 16.6. The number of carbonyl (C=O) groups is 6. The molecule has 656 valence electrons. The van der Waals surface area contributed by atoms with Crippen molar-refractivity contribution in [2.24, 2.45) is 0 Å². The molecule has 4 aromatic heterocycles. The first kappa shape index (κ1) is 87.0. The number of aliphatic hydroxyl groups excluding tert-OH is 3. The number of anilines is 2. The number of amides is 5. The second kappa shape index (κ2) is 39.3. The Labute approximate surface area is 732 Å². The van der Waals surface area contributed by atoms with Gasteiger partial charge in [-0.2, -0.15) is 9.97 Å². The number of rotatable bonds is 29. The second-order valence-corrected chi connectivity index (χ2v) is 31.2. The summed E-state index contributed by atoms with van der Waals surface area (Å²) < 4.78 is 44.1. The Morgan fingerprint density at radius 1 is 0.445 bits per heavy atom. The highest BCUT2D eigenvalue weighted by Crippen LogP contribution is 2.49. The summed E-state index contributed by atoms with van der Waals surface area (Å²) in [5, 5.41) is 52.4. The number of H-pyrrole nitrogens is 2. The summed E-state index contributed by atoms with van der Waals surface area (Å²) in [5.41, 5.74) is 14.5. The lowest BCUT2D eigenvalue weighted by atomic mass is 9.80. The van der Waals surface area contributed by atoms with Crippen molar-refractivity contribution in [3.63, 3.8) is 0 Å². The highest BCUT2D eigenvalue weighted by molar-refractivity contribution is 5.91. The first-order chi connectivity index (χ1) is 62.3. The first-order valence-electron chi connectivity index (χ1n) is 42.0. The Hall–Kier alpha value is -14.5. The van der Waals surface area contributed by atoms with E-state index in [2.05, 4.69) is 105 Å². The quantitative estimate of drug-likeness (QED) is 0.0194. The van der Waals surface area contributed by atoms with Crippen LogP contribution in [0.2, 0.25) is 0 Å². The lowest BCUT2D eigenvalue weighted by Gasteiger charge is -2.37. The fourth-order valence-corrected chi connectivity index (χ4v) is 17.2. The molecule has 2 aliphatic heterocycles. The van der Waals surface area contributed by atoms with Crippen LogP contribution < -0.4 is 47.2 Å². The maximum Gasteiger partial charge on any atom is 0.407 e. The van der Waals surface area contributed by atoms with Crippen molar-refractivity contribution < 1.29 is 82.4 Å². The van der Waals surface area contributed by atoms with Crippen LogP contribution >= 0.6 is 0 Å². The zero-order valence-electron chi connectivity index (χ0n) is 69.7. The fourth-order valence-electron chi connectivity index (χ4n) is 17.2. The van der Waals surface area contributed by atoms with Gasteiger partial charge in [0, 0.05) is 69.5 Å². The zero-order valence-corrected chi connectivity index (χ0v) is 69.7. The Morgan fingerprint density at radius 3 is 1.20 bits per heavy atom. The van der Waals surface area contributed by atoms with Gasteiger partial charge in [-0.05, 0) is 114 Å². The molecule has 32 heteroatoms. The molecule has 9 aromatic carbocycles. The number of imidazole rings is 2. The van der Waals surface area contributed by atoms with Crippen molar-refractivity contribution >= 4 is 70.1 Å². The van der Waals surface area contributed by atoms with Crippen LogP contribution in [-0.2, 0) is 48.5 Å². The summed E-state index contributed by atoms with van der Waals surface area (Å²) in [7, 11) is 3.22. The van der Waals surface area contributed by atoms with E-state index in [0.717, 1.165) is 67.6 Å². The van der Waals surface area contributed by atoms with E-state index in [-0.39, 0.29) is 136 Å². The monoisotopic (exact) mass is 1730 g/mol. The molecule has 0 saturated carbocycles. The van der Waals surface area contributed by atoms with Gasteiger partial charge in [0.15, 0.2) is 22.3 Å². The van der Waals surface area contributed by atoms with E-state index < -0.39 is 83.6 Å². The average molecular weight is 1730 g/mol. The average Bonchev–Trinajstić information content (AvgIpc) is 1.38. The predicted molar refractivity (Wildman–Crippen MR) is 472 cm³/mol. The molecule has 0 radical (unpaired) electrons. The maximum absolute atomic E-state index is 13.2. The van der Waals surface area contributed by atoms with Crippen molar-refractivity contribution in [3.8, 4) is 44.9 Å². The topological polar surface area (TPSA) is 435 Å². The largest absolute Gasteiger partial charge is 0.497 e. The molecule has 6 atom stereocenters. The van der Waals surface area contributed by atoms with Gasteiger partial charge >= 0.3 is 18.2 Å². The number of aliphatic carboxylic acids is 1. The van der Waals surface area contributed by atoms with Crippen LogP contribution in [0.25, 0.3) is 55.7 Å². The van der Waals surface area contributed by atoms with Gasteiger partial charge in [0.2, 0.25) is 29.6 Å². The van der Waals surface area contributed by atoms with Gasteiger partial charge in [-0.15, -0.1) is 0 Å².